The Bertz CT molecular complexity index is 1020. The molecule has 0 saturated carbocycles. The standard InChI is InChI=1S/C25H28N2O2S/c1-17(2)23(22-13-7-15-30-22)26-24(28)19-10-6-14-27(16-19)25(29)21-12-5-9-18-8-3-4-11-20(18)21/h3-5,7-9,11-13,15,17,19,23H,6,10,14,16H2,1-2H3,(H,26,28). The predicted octanol–water partition coefficient (Wildman–Crippen LogP) is 5.27. The first-order valence-electron chi connectivity index (χ1n) is 10.7. The van der Waals surface area contributed by atoms with Crippen molar-refractivity contribution < 1.29 is 9.59 Å². The number of piperidine rings is 1. The monoisotopic (exact) mass is 420 g/mol. The molecule has 2 aromatic carbocycles. The normalized spacial score (nSPS) is 17.8. The molecule has 2 amide bonds. The Labute approximate surface area is 181 Å². The lowest BCUT2D eigenvalue weighted by Gasteiger charge is -2.33. The molecule has 1 fully saturated rings. The second-order valence-corrected chi connectivity index (χ2v) is 9.34. The average Bonchev–Trinajstić information content (AvgIpc) is 3.30. The second kappa shape index (κ2) is 9.00. The Morgan fingerprint density at radius 1 is 1.07 bits per heavy atom. The van der Waals surface area contributed by atoms with Gasteiger partial charge in [0.25, 0.3) is 5.91 Å². The first-order valence-corrected chi connectivity index (χ1v) is 11.5. The summed E-state index contributed by atoms with van der Waals surface area (Å²) in [6, 6.07) is 17.9. The molecule has 2 atom stereocenters. The van der Waals surface area contributed by atoms with E-state index in [1.807, 2.05) is 58.8 Å². The Hall–Kier alpha value is -2.66. The van der Waals surface area contributed by atoms with Gasteiger partial charge in [0.15, 0.2) is 0 Å². The molecule has 0 radical (unpaired) electrons. The largest absolute Gasteiger partial charge is 0.348 e. The van der Waals surface area contributed by atoms with Crippen LogP contribution in [-0.4, -0.2) is 29.8 Å². The molecular formula is C25H28N2O2S. The van der Waals surface area contributed by atoms with Gasteiger partial charge in [-0.25, -0.2) is 0 Å². The van der Waals surface area contributed by atoms with Crippen LogP contribution >= 0.6 is 11.3 Å². The molecule has 1 aliphatic rings. The number of fused-ring (bicyclic) bond motifs is 1. The van der Waals surface area contributed by atoms with Crippen LogP contribution in [0.25, 0.3) is 10.8 Å². The zero-order valence-corrected chi connectivity index (χ0v) is 18.3. The Kier molecular flexibility index (Phi) is 6.18. The summed E-state index contributed by atoms with van der Waals surface area (Å²) >= 11 is 1.67. The number of rotatable bonds is 5. The van der Waals surface area contributed by atoms with Gasteiger partial charge >= 0.3 is 0 Å². The maximum atomic E-state index is 13.3. The number of benzene rings is 2. The van der Waals surface area contributed by atoms with Crippen molar-refractivity contribution in [1.29, 1.82) is 0 Å². The lowest BCUT2D eigenvalue weighted by atomic mass is 9.94. The fraction of sp³-hybridized carbons (Fsp3) is 0.360. The highest BCUT2D eigenvalue weighted by Gasteiger charge is 2.31. The number of thiophene rings is 1. The summed E-state index contributed by atoms with van der Waals surface area (Å²) in [5.74, 6) is 0.212. The number of nitrogens with zero attached hydrogens (tertiary/aromatic N) is 1. The van der Waals surface area contributed by atoms with Gasteiger partial charge < -0.3 is 10.2 Å². The molecule has 4 nitrogen and oxygen atoms in total. The summed E-state index contributed by atoms with van der Waals surface area (Å²) in [4.78, 5) is 29.4. The third-order valence-corrected chi connectivity index (χ3v) is 6.87. The van der Waals surface area contributed by atoms with Gasteiger partial charge in [0, 0.05) is 23.5 Å². The maximum absolute atomic E-state index is 13.3. The van der Waals surface area contributed by atoms with Gasteiger partial charge in [0.1, 0.15) is 0 Å². The van der Waals surface area contributed by atoms with Crippen molar-refractivity contribution in [3.05, 3.63) is 70.4 Å². The van der Waals surface area contributed by atoms with Crippen molar-refractivity contribution in [2.45, 2.75) is 32.7 Å². The van der Waals surface area contributed by atoms with Crippen LogP contribution in [0.3, 0.4) is 0 Å². The maximum Gasteiger partial charge on any atom is 0.254 e. The molecule has 0 spiro atoms. The second-order valence-electron chi connectivity index (χ2n) is 8.36. The molecule has 2 heterocycles. The number of carbonyl (C=O) groups is 2. The van der Waals surface area contributed by atoms with Crippen molar-refractivity contribution in [1.82, 2.24) is 10.2 Å². The summed E-state index contributed by atoms with van der Waals surface area (Å²) in [7, 11) is 0. The van der Waals surface area contributed by atoms with Gasteiger partial charge in [-0.3, -0.25) is 9.59 Å². The number of hydrogen-bond acceptors (Lipinski definition) is 3. The quantitative estimate of drug-likeness (QED) is 0.611. The van der Waals surface area contributed by atoms with Crippen LogP contribution in [0.4, 0.5) is 0 Å². The number of likely N-dealkylation sites (tertiary alicyclic amines) is 1. The molecule has 1 N–H and O–H groups in total. The van der Waals surface area contributed by atoms with Gasteiger partial charge in [0.05, 0.1) is 12.0 Å². The molecule has 0 bridgehead atoms. The van der Waals surface area contributed by atoms with E-state index in [0.717, 1.165) is 23.6 Å². The van der Waals surface area contributed by atoms with Crippen molar-refractivity contribution >= 4 is 33.9 Å². The van der Waals surface area contributed by atoms with E-state index in [9.17, 15) is 9.59 Å². The van der Waals surface area contributed by atoms with Crippen LogP contribution in [0.2, 0.25) is 0 Å². The first kappa shape index (κ1) is 20.6. The van der Waals surface area contributed by atoms with Crippen LogP contribution in [0.5, 0.6) is 0 Å². The molecule has 3 aromatic rings. The number of hydrogen-bond donors (Lipinski definition) is 1. The minimum absolute atomic E-state index is 0.0154. The summed E-state index contributed by atoms with van der Waals surface area (Å²) < 4.78 is 0. The van der Waals surface area contributed by atoms with Gasteiger partial charge in [-0.1, -0.05) is 56.3 Å². The van der Waals surface area contributed by atoms with E-state index >= 15 is 0 Å². The molecule has 1 aliphatic heterocycles. The predicted molar refractivity (Wildman–Crippen MR) is 123 cm³/mol. The van der Waals surface area contributed by atoms with Gasteiger partial charge in [-0.15, -0.1) is 11.3 Å². The minimum Gasteiger partial charge on any atom is -0.348 e. The number of carbonyl (C=O) groups excluding carboxylic acids is 2. The molecule has 5 heteroatoms. The first-order chi connectivity index (χ1) is 14.5. The smallest absolute Gasteiger partial charge is 0.254 e. The van der Waals surface area contributed by atoms with E-state index in [1.54, 1.807) is 11.3 Å². The topological polar surface area (TPSA) is 49.4 Å². The Balaban J connectivity index is 1.48. The zero-order chi connectivity index (χ0) is 21.1. The van der Waals surface area contributed by atoms with Crippen molar-refractivity contribution in [3.8, 4) is 0 Å². The van der Waals surface area contributed by atoms with E-state index in [-0.39, 0.29) is 23.8 Å². The molecule has 2 unspecified atom stereocenters. The van der Waals surface area contributed by atoms with E-state index in [1.165, 1.54) is 4.88 Å². The highest BCUT2D eigenvalue weighted by atomic mass is 32.1. The van der Waals surface area contributed by atoms with Gasteiger partial charge in [-0.2, -0.15) is 0 Å². The summed E-state index contributed by atoms with van der Waals surface area (Å²) in [6.07, 6.45) is 1.67. The Morgan fingerprint density at radius 3 is 2.63 bits per heavy atom. The molecule has 0 aliphatic carbocycles. The van der Waals surface area contributed by atoms with Crippen molar-refractivity contribution in [2.75, 3.05) is 13.1 Å². The van der Waals surface area contributed by atoms with E-state index in [4.69, 9.17) is 0 Å². The van der Waals surface area contributed by atoms with Crippen molar-refractivity contribution in [2.24, 2.45) is 11.8 Å². The SMILES string of the molecule is CC(C)C(NC(=O)C1CCCN(C(=O)c2cccc3ccccc23)C1)c1cccs1. The van der Waals surface area contributed by atoms with Crippen LogP contribution in [-0.2, 0) is 4.79 Å². The number of amides is 2. The van der Waals surface area contributed by atoms with E-state index in [2.05, 4.69) is 25.2 Å². The van der Waals surface area contributed by atoms with Crippen LogP contribution in [0.15, 0.2) is 60.0 Å². The molecule has 30 heavy (non-hydrogen) atoms. The molecule has 4 rings (SSSR count). The molecule has 156 valence electrons. The summed E-state index contributed by atoms with van der Waals surface area (Å²) in [5.41, 5.74) is 0.716. The van der Waals surface area contributed by atoms with Gasteiger partial charge in [-0.05, 0) is 47.0 Å². The summed E-state index contributed by atoms with van der Waals surface area (Å²) in [5, 5.41) is 7.32. The fourth-order valence-electron chi connectivity index (χ4n) is 4.26. The highest BCUT2D eigenvalue weighted by molar-refractivity contribution is 7.10. The summed E-state index contributed by atoms with van der Waals surface area (Å²) in [6.45, 7) is 5.43. The van der Waals surface area contributed by atoms with Crippen LogP contribution in [0, 0.1) is 11.8 Å². The fourth-order valence-corrected chi connectivity index (χ4v) is 5.21. The molecule has 1 aromatic heterocycles. The average molecular weight is 421 g/mol. The van der Waals surface area contributed by atoms with E-state index in [0.29, 0.717) is 24.6 Å². The van der Waals surface area contributed by atoms with Gasteiger partial charge in [0.2, 0.25) is 5.91 Å². The van der Waals surface area contributed by atoms with Crippen LogP contribution in [0.1, 0.15) is 48.0 Å². The lowest BCUT2D eigenvalue weighted by Crippen LogP contribution is -2.46. The Morgan fingerprint density at radius 2 is 1.87 bits per heavy atom. The third kappa shape index (κ3) is 4.26. The number of nitrogens with one attached hydrogen (secondary N) is 1. The minimum atomic E-state index is -0.168. The third-order valence-electron chi connectivity index (χ3n) is 5.91. The zero-order valence-electron chi connectivity index (χ0n) is 17.5. The van der Waals surface area contributed by atoms with Crippen molar-refractivity contribution in [3.63, 3.8) is 0 Å². The molecular weight excluding hydrogens is 392 g/mol. The lowest BCUT2D eigenvalue weighted by molar-refractivity contribution is -0.127. The molecule has 1 saturated heterocycles. The highest BCUT2D eigenvalue weighted by Crippen LogP contribution is 2.28. The van der Waals surface area contributed by atoms with E-state index < -0.39 is 0 Å². The van der Waals surface area contributed by atoms with Crippen LogP contribution < -0.4 is 5.32 Å².